The zero-order valence-corrected chi connectivity index (χ0v) is 12.8. The number of anilines is 2. The van der Waals surface area contributed by atoms with Crippen molar-refractivity contribution in [2.45, 2.75) is 44.7 Å². The summed E-state index contributed by atoms with van der Waals surface area (Å²) in [6, 6.07) is 10.3. The maximum atomic E-state index is 3.74. The van der Waals surface area contributed by atoms with E-state index in [2.05, 4.69) is 53.4 Å². The molecule has 2 aliphatic rings. The number of nitrogens with one attached hydrogen (secondary N) is 1. The standard InChI is InChI=1S/C17H27N3/c1-14-12-16(8-11-19(14)2)18-15-6-5-7-17(13-15)20-9-3-4-10-20/h5-7,13-14,16,18H,3-4,8-12H2,1-2H3. The molecule has 3 nitrogen and oxygen atoms in total. The predicted molar refractivity (Wildman–Crippen MR) is 86.6 cm³/mol. The van der Waals surface area contributed by atoms with Crippen molar-refractivity contribution in [2.75, 3.05) is 36.9 Å². The highest BCUT2D eigenvalue weighted by molar-refractivity contribution is 5.58. The quantitative estimate of drug-likeness (QED) is 0.912. The first kappa shape index (κ1) is 13.7. The van der Waals surface area contributed by atoms with Crippen LogP contribution in [0.3, 0.4) is 0 Å². The average molecular weight is 273 g/mol. The van der Waals surface area contributed by atoms with Gasteiger partial charge in [-0.25, -0.2) is 0 Å². The van der Waals surface area contributed by atoms with Crippen molar-refractivity contribution in [3.8, 4) is 0 Å². The fourth-order valence-corrected chi connectivity index (χ4v) is 3.42. The lowest BCUT2D eigenvalue weighted by atomic mass is 9.98. The van der Waals surface area contributed by atoms with Gasteiger partial charge in [-0.1, -0.05) is 6.07 Å². The van der Waals surface area contributed by atoms with Crippen LogP contribution < -0.4 is 10.2 Å². The van der Waals surface area contributed by atoms with Crippen molar-refractivity contribution in [1.29, 1.82) is 0 Å². The van der Waals surface area contributed by atoms with Crippen LogP contribution in [0.15, 0.2) is 24.3 Å². The molecule has 0 aliphatic carbocycles. The molecule has 0 radical (unpaired) electrons. The summed E-state index contributed by atoms with van der Waals surface area (Å²) in [5.74, 6) is 0. The number of hydrogen-bond acceptors (Lipinski definition) is 3. The fraction of sp³-hybridized carbons (Fsp3) is 0.647. The third-order valence-corrected chi connectivity index (χ3v) is 4.90. The highest BCUT2D eigenvalue weighted by Gasteiger charge is 2.22. The zero-order chi connectivity index (χ0) is 13.9. The van der Waals surface area contributed by atoms with E-state index in [1.807, 2.05) is 0 Å². The molecule has 0 amide bonds. The predicted octanol–water partition coefficient (Wildman–Crippen LogP) is 3.18. The van der Waals surface area contributed by atoms with E-state index in [1.165, 1.54) is 56.7 Å². The Kier molecular flexibility index (Phi) is 4.16. The number of piperidine rings is 1. The lowest BCUT2D eigenvalue weighted by Gasteiger charge is -2.36. The van der Waals surface area contributed by atoms with E-state index < -0.39 is 0 Å². The van der Waals surface area contributed by atoms with Crippen LogP contribution in [0.5, 0.6) is 0 Å². The molecule has 2 aliphatic heterocycles. The van der Waals surface area contributed by atoms with Gasteiger partial charge in [0.2, 0.25) is 0 Å². The van der Waals surface area contributed by atoms with Gasteiger partial charge in [0.1, 0.15) is 0 Å². The molecule has 1 aromatic carbocycles. The molecule has 0 aromatic heterocycles. The van der Waals surface area contributed by atoms with Crippen molar-refractivity contribution >= 4 is 11.4 Å². The first-order valence-corrected chi connectivity index (χ1v) is 8.04. The Morgan fingerprint density at radius 2 is 1.95 bits per heavy atom. The monoisotopic (exact) mass is 273 g/mol. The van der Waals surface area contributed by atoms with Crippen molar-refractivity contribution < 1.29 is 0 Å². The van der Waals surface area contributed by atoms with Crippen LogP contribution in [0.2, 0.25) is 0 Å². The van der Waals surface area contributed by atoms with Gasteiger partial charge in [-0.05, 0) is 57.9 Å². The van der Waals surface area contributed by atoms with Crippen molar-refractivity contribution in [3.63, 3.8) is 0 Å². The molecule has 2 unspecified atom stereocenters. The van der Waals surface area contributed by atoms with Crippen LogP contribution in [-0.4, -0.2) is 43.7 Å². The number of benzene rings is 1. The largest absolute Gasteiger partial charge is 0.382 e. The van der Waals surface area contributed by atoms with Crippen molar-refractivity contribution in [3.05, 3.63) is 24.3 Å². The Labute approximate surface area is 123 Å². The maximum absolute atomic E-state index is 3.74. The van der Waals surface area contributed by atoms with Crippen LogP contribution >= 0.6 is 0 Å². The summed E-state index contributed by atoms with van der Waals surface area (Å²) in [6.45, 7) is 5.96. The fourth-order valence-electron chi connectivity index (χ4n) is 3.42. The molecule has 2 saturated heterocycles. The third-order valence-electron chi connectivity index (χ3n) is 4.90. The van der Waals surface area contributed by atoms with Gasteiger partial charge < -0.3 is 15.1 Å². The third kappa shape index (κ3) is 3.09. The Balaban J connectivity index is 1.64. The molecule has 2 heterocycles. The number of hydrogen-bond donors (Lipinski definition) is 1. The molecule has 3 rings (SSSR count). The Hall–Kier alpha value is -1.22. The van der Waals surface area contributed by atoms with Crippen LogP contribution in [0.4, 0.5) is 11.4 Å². The first-order valence-electron chi connectivity index (χ1n) is 8.04. The van der Waals surface area contributed by atoms with E-state index in [1.54, 1.807) is 0 Å². The van der Waals surface area contributed by atoms with Crippen LogP contribution in [0.1, 0.15) is 32.6 Å². The molecule has 0 spiro atoms. The second kappa shape index (κ2) is 6.04. The normalized spacial score (nSPS) is 27.8. The molecule has 2 atom stereocenters. The Bertz CT molecular complexity index is 440. The van der Waals surface area contributed by atoms with Gasteiger partial charge in [0.05, 0.1) is 0 Å². The van der Waals surface area contributed by atoms with Gasteiger partial charge in [0.15, 0.2) is 0 Å². The summed E-state index contributed by atoms with van der Waals surface area (Å²) >= 11 is 0. The van der Waals surface area contributed by atoms with Gasteiger partial charge >= 0.3 is 0 Å². The van der Waals surface area contributed by atoms with E-state index in [0.717, 1.165) is 0 Å². The van der Waals surface area contributed by atoms with E-state index in [-0.39, 0.29) is 0 Å². The summed E-state index contributed by atoms with van der Waals surface area (Å²) in [5, 5.41) is 3.74. The summed E-state index contributed by atoms with van der Waals surface area (Å²) < 4.78 is 0. The molecule has 110 valence electrons. The van der Waals surface area contributed by atoms with E-state index in [4.69, 9.17) is 0 Å². The molecule has 2 fully saturated rings. The second-order valence-electron chi connectivity index (χ2n) is 6.44. The minimum Gasteiger partial charge on any atom is -0.382 e. The molecule has 0 saturated carbocycles. The Morgan fingerprint density at radius 1 is 1.15 bits per heavy atom. The van der Waals surface area contributed by atoms with Crippen LogP contribution in [-0.2, 0) is 0 Å². The average Bonchev–Trinajstić information content (AvgIpc) is 2.97. The minimum absolute atomic E-state index is 0.620. The zero-order valence-electron chi connectivity index (χ0n) is 12.8. The molecule has 20 heavy (non-hydrogen) atoms. The summed E-state index contributed by atoms with van der Waals surface area (Å²) in [5.41, 5.74) is 2.67. The molecule has 0 bridgehead atoms. The van der Waals surface area contributed by atoms with Gasteiger partial charge in [0, 0.05) is 43.1 Å². The van der Waals surface area contributed by atoms with Crippen molar-refractivity contribution in [1.82, 2.24) is 4.90 Å². The first-order chi connectivity index (χ1) is 9.72. The number of nitrogens with zero attached hydrogens (tertiary/aromatic N) is 2. The van der Waals surface area contributed by atoms with E-state index in [0.29, 0.717) is 12.1 Å². The lowest BCUT2D eigenvalue weighted by Crippen LogP contribution is -2.42. The van der Waals surface area contributed by atoms with Gasteiger partial charge in [-0.2, -0.15) is 0 Å². The van der Waals surface area contributed by atoms with Gasteiger partial charge in [0.25, 0.3) is 0 Å². The molecular formula is C17H27N3. The SMILES string of the molecule is CC1CC(Nc2cccc(N3CCCC3)c2)CCN1C. The van der Waals surface area contributed by atoms with Crippen LogP contribution in [0.25, 0.3) is 0 Å². The lowest BCUT2D eigenvalue weighted by molar-refractivity contribution is 0.190. The highest BCUT2D eigenvalue weighted by Crippen LogP contribution is 2.25. The smallest absolute Gasteiger partial charge is 0.0386 e. The summed E-state index contributed by atoms with van der Waals surface area (Å²) in [4.78, 5) is 4.96. The highest BCUT2D eigenvalue weighted by atomic mass is 15.2. The van der Waals surface area contributed by atoms with Gasteiger partial charge in [-0.15, -0.1) is 0 Å². The van der Waals surface area contributed by atoms with E-state index >= 15 is 0 Å². The van der Waals surface area contributed by atoms with E-state index in [9.17, 15) is 0 Å². The second-order valence-corrected chi connectivity index (χ2v) is 6.44. The molecular weight excluding hydrogens is 246 g/mol. The topological polar surface area (TPSA) is 18.5 Å². The minimum atomic E-state index is 0.620. The maximum Gasteiger partial charge on any atom is 0.0386 e. The van der Waals surface area contributed by atoms with Gasteiger partial charge in [-0.3, -0.25) is 0 Å². The molecule has 3 heteroatoms. The van der Waals surface area contributed by atoms with Crippen molar-refractivity contribution in [2.24, 2.45) is 0 Å². The van der Waals surface area contributed by atoms with Crippen LogP contribution in [0, 0.1) is 0 Å². The number of likely N-dealkylation sites (tertiary alicyclic amines) is 1. The number of rotatable bonds is 3. The Morgan fingerprint density at radius 3 is 2.70 bits per heavy atom. The molecule has 1 aromatic rings. The summed E-state index contributed by atoms with van der Waals surface area (Å²) in [7, 11) is 2.23. The molecule has 1 N–H and O–H groups in total. The summed E-state index contributed by atoms with van der Waals surface area (Å²) in [6.07, 6.45) is 5.16.